The summed E-state index contributed by atoms with van der Waals surface area (Å²) in [5.74, 6) is 0. The molecule has 1 heterocycles. The van der Waals surface area contributed by atoms with Crippen molar-refractivity contribution in [1.29, 1.82) is 0 Å². The van der Waals surface area contributed by atoms with Crippen molar-refractivity contribution >= 4 is 0 Å². The zero-order valence-electron chi connectivity index (χ0n) is 12.4. The summed E-state index contributed by atoms with van der Waals surface area (Å²) in [6.07, 6.45) is 0.738. The summed E-state index contributed by atoms with van der Waals surface area (Å²) in [5.41, 5.74) is 3.95. The third-order valence-electron chi connectivity index (χ3n) is 3.32. The van der Waals surface area contributed by atoms with Gasteiger partial charge >= 0.3 is 0 Å². The molecule has 1 aromatic carbocycles. The minimum atomic E-state index is -0.233. The molecule has 0 radical (unpaired) electrons. The minimum absolute atomic E-state index is 0.0894. The Morgan fingerprint density at radius 3 is 2.47 bits per heavy atom. The fourth-order valence-corrected chi connectivity index (χ4v) is 2.31. The molecule has 0 unspecified atom stereocenters. The van der Waals surface area contributed by atoms with Gasteiger partial charge in [-0.1, -0.05) is 30.7 Å². The van der Waals surface area contributed by atoms with Crippen LogP contribution in [0.1, 0.15) is 38.8 Å². The van der Waals surface area contributed by atoms with Crippen molar-refractivity contribution in [3.05, 3.63) is 45.7 Å². The van der Waals surface area contributed by atoms with Crippen molar-refractivity contribution in [1.82, 2.24) is 9.78 Å². The lowest BCUT2D eigenvalue weighted by Gasteiger charge is -2.19. The van der Waals surface area contributed by atoms with Gasteiger partial charge in [0.15, 0.2) is 0 Å². The van der Waals surface area contributed by atoms with Crippen LogP contribution in [0.15, 0.2) is 29.1 Å². The molecule has 0 fully saturated rings. The topological polar surface area (TPSA) is 37.8 Å². The molecule has 19 heavy (non-hydrogen) atoms. The first-order valence-corrected chi connectivity index (χ1v) is 6.76. The molecule has 1 N–H and O–H groups in total. The van der Waals surface area contributed by atoms with Gasteiger partial charge in [-0.05, 0) is 40.2 Å². The van der Waals surface area contributed by atoms with Crippen LogP contribution in [-0.4, -0.2) is 9.78 Å². The average Bonchev–Trinajstić information content (AvgIpc) is 2.66. The molecule has 0 aliphatic heterocycles. The van der Waals surface area contributed by atoms with Crippen LogP contribution < -0.4 is 5.56 Å². The van der Waals surface area contributed by atoms with Crippen LogP contribution in [0.4, 0.5) is 0 Å². The highest BCUT2D eigenvalue weighted by atomic mass is 16.1. The summed E-state index contributed by atoms with van der Waals surface area (Å²) in [5, 5.41) is 3.29. The molecule has 0 saturated carbocycles. The Balaban J connectivity index is 2.68. The van der Waals surface area contributed by atoms with Gasteiger partial charge in [0.05, 0.1) is 11.2 Å². The van der Waals surface area contributed by atoms with E-state index in [0.29, 0.717) is 0 Å². The van der Waals surface area contributed by atoms with E-state index in [2.05, 4.69) is 24.2 Å². The second-order valence-electron chi connectivity index (χ2n) is 6.00. The Hall–Kier alpha value is -1.77. The normalized spacial score (nSPS) is 11.8. The SMILES string of the molecule is CCc1c(-c2cccc(C)c2)[nH]n(C(C)(C)C)c1=O. The highest BCUT2D eigenvalue weighted by molar-refractivity contribution is 5.63. The summed E-state index contributed by atoms with van der Waals surface area (Å²) in [6.45, 7) is 10.2. The van der Waals surface area contributed by atoms with Crippen molar-refractivity contribution in [2.75, 3.05) is 0 Å². The number of aryl methyl sites for hydroxylation is 1. The molecule has 0 spiro atoms. The van der Waals surface area contributed by atoms with Gasteiger partial charge < -0.3 is 0 Å². The predicted octanol–water partition coefficient (Wildman–Crippen LogP) is 3.47. The number of aromatic nitrogens is 2. The maximum absolute atomic E-state index is 12.5. The smallest absolute Gasteiger partial charge is 0.270 e. The van der Waals surface area contributed by atoms with Crippen LogP contribution in [0.3, 0.4) is 0 Å². The van der Waals surface area contributed by atoms with Crippen LogP contribution in [-0.2, 0) is 12.0 Å². The van der Waals surface area contributed by atoms with Crippen molar-refractivity contribution in [2.24, 2.45) is 0 Å². The predicted molar refractivity (Wildman–Crippen MR) is 79.6 cm³/mol. The van der Waals surface area contributed by atoms with Gasteiger partial charge in [-0.15, -0.1) is 0 Å². The lowest BCUT2D eigenvalue weighted by Crippen LogP contribution is -2.33. The maximum Gasteiger partial charge on any atom is 0.270 e. The van der Waals surface area contributed by atoms with Gasteiger partial charge in [-0.25, -0.2) is 4.68 Å². The Morgan fingerprint density at radius 1 is 1.26 bits per heavy atom. The number of hydrogen-bond donors (Lipinski definition) is 1. The fraction of sp³-hybridized carbons (Fsp3) is 0.438. The molecule has 0 atom stereocenters. The number of aromatic amines is 1. The van der Waals surface area contributed by atoms with E-state index in [9.17, 15) is 4.79 Å². The summed E-state index contributed by atoms with van der Waals surface area (Å²) in [7, 11) is 0. The number of rotatable bonds is 2. The van der Waals surface area contributed by atoms with Crippen LogP contribution in [0.2, 0.25) is 0 Å². The van der Waals surface area contributed by atoms with Gasteiger partial charge in [0.2, 0.25) is 0 Å². The summed E-state index contributed by atoms with van der Waals surface area (Å²) < 4.78 is 1.73. The largest absolute Gasteiger partial charge is 0.294 e. The Labute approximate surface area is 114 Å². The molecule has 102 valence electrons. The first-order valence-electron chi connectivity index (χ1n) is 6.76. The summed E-state index contributed by atoms with van der Waals surface area (Å²) in [6, 6.07) is 8.24. The average molecular weight is 258 g/mol. The van der Waals surface area contributed by atoms with Crippen molar-refractivity contribution < 1.29 is 0 Å². The first kappa shape index (κ1) is 13.7. The summed E-state index contributed by atoms with van der Waals surface area (Å²) in [4.78, 5) is 12.5. The molecule has 0 amide bonds. The molecule has 0 saturated heterocycles. The van der Waals surface area contributed by atoms with E-state index in [-0.39, 0.29) is 11.1 Å². The van der Waals surface area contributed by atoms with Crippen LogP contribution in [0.25, 0.3) is 11.3 Å². The Bertz CT molecular complexity index is 641. The van der Waals surface area contributed by atoms with E-state index >= 15 is 0 Å². The standard InChI is InChI=1S/C16H22N2O/c1-6-13-14(12-9-7-8-11(2)10-12)17-18(15(13)19)16(3,4)5/h7-10,17H,6H2,1-5H3. The Morgan fingerprint density at radius 2 is 1.95 bits per heavy atom. The Kier molecular flexibility index (Phi) is 3.40. The molecule has 2 aromatic rings. The highest BCUT2D eigenvalue weighted by Gasteiger charge is 2.21. The van der Waals surface area contributed by atoms with Crippen molar-refractivity contribution in [3.63, 3.8) is 0 Å². The maximum atomic E-state index is 12.5. The lowest BCUT2D eigenvalue weighted by atomic mass is 10.0. The number of nitrogens with zero attached hydrogens (tertiary/aromatic N) is 1. The van der Waals surface area contributed by atoms with E-state index in [1.54, 1.807) is 4.68 Å². The van der Waals surface area contributed by atoms with E-state index in [4.69, 9.17) is 0 Å². The highest BCUT2D eigenvalue weighted by Crippen LogP contribution is 2.23. The van der Waals surface area contributed by atoms with E-state index < -0.39 is 0 Å². The molecule has 0 aliphatic carbocycles. The van der Waals surface area contributed by atoms with Crippen LogP contribution >= 0.6 is 0 Å². The zero-order chi connectivity index (χ0) is 14.2. The minimum Gasteiger partial charge on any atom is -0.294 e. The fourth-order valence-electron chi connectivity index (χ4n) is 2.31. The summed E-state index contributed by atoms with van der Waals surface area (Å²) >= 11 is 0. The second-order valence-corrected chi connectivity index (χ2v) is 6.00. The van der Waals surface area contributed by atoms with Gasteiger partial charge in [0.1, 0.15) is 0 Å². The van der Waals surface area contributed by atoms with Gasteiger partial charge in [-0.3, -0.25) is 9.89 Å². The molecule has 0 bridgehead atoms. The quantitative estimate of drug-likeness (QED) is 0.880. The number of benzene rings is 1. The van der Waals surface area contributed by atoms with Gasteiger partial charge in [0.25, 0.3) is 5.56 Å². The molecule has 0 aliphatic rings. The number of H-pyrrole nitrogens is 1. The molecular weight excluding hydrogens is 236 g/mol. The van der Waals surface area contributed by atoms with Gasteiger partial charge in [-0.2, -0.15) is 0 Å². The first-order chi connectivity index (χ1) is 8.84. The molecule has 1 aromatic heterocycles. The van der Waals surface area contributed by atoms with E-state index in [1.807, 2.05) is 39.8 Å². The van der Waals surface area contributed by atoms with Gasteiger partial charge in [0, 0.05) is 11.1 Å². The lowest BCUT2D eigenvalue weighted by molar-refractivity contribution is 0.346. The second kappa shape index (κ2) is 4.72. The van der Waals surface area contributed by atoms with Crippen molar-refractivity contribution in [2.45, 2.75) is 46.6 Å². The molecule has 2 rings (SSSR count). The molecule has 3 heteroatoms. The third-order valence-corrected chi connectivity index (χ3v) is 3.32. The number of hydrogen-bond acceptors (Lipinski definition) is 1. The number of nitrogens with one attached hydrogen (secondary N) is 1. The molecule has 3 nitrogen and oxygen atoms in total. The van der Waals surface area contributed by atoms with Crippen molar-refractivity contribution in [3.8, 4) is 11.3 Å². The third kappa shape index (κ3) is 2.50. The zero-order valence-corrected chi connectivity index (χ0v) is 12.4. The molecular formula is C16H22N2O. The van der Waals surface area contributed by atoms with E-state index in [1.165, 1.54) is 5.56 Å². The van der Waals surface area contributed by atoms with Crippen LogP contribution in [0, 0.1) is 6.92 Å². The monoisotopic (exact) mass is 258 g/mol. The van der Waals surface area contributed by atoms with E-state index in [0.717, 1.165) is 23.2 Å². The van der Waals surface area contributed by atoms with Crippen LogP contribution in [0.5, 0.6) is 0 Å².